The van der Waals surface area contributed by atoms with Gasteiger partial charge in [-0.2, -0.15) is 0 Å². The number of unbranched alkanes of at least 4 members (excludes halogenated alkanes) is 4. The molecule has 2 aliphatic carbocycles. The van der Waals surface area contributed by atoms with E-state index in [9.17, 15) is 4.39 Å². The Kier molecular flexibility index (Phi) is 8.44. The van der Waals surface area contributed by atoms with Crippen LogP contribution in [0.15, 0.2) is 48.5 Å². The van der Waals surface area contributed by atoms with E-state index in [4.69, 9.17) is 0 Å². The van der Waals surface area contributed by atoms with Gasteiger partial charge in [0, 0.05) is 11.1 Å². The van der Waals surface area contributed by atoms with Gasteiger partial charge in [0.05, 0.1) is 0 Å². The topological polar surface area (TPSA) is 0 Å². The van der Waals surface area contributed by atoms with Crippen LogP contribution >= 0.6 is 0 Å². The quantitative estimate of drug-likeness (QED) is 0.304. The van der Waals surface area contributed by atoms with Gasteiger partial charge in [0.25, 0.3) is 0 Å². The van der Waals surface area contributed by atoms with Crippen molar-refractivity contribution in [1.29, 1.82) is 0 Å². The van der Waals surface area contributed by atoms with Gasteiger partial charge in [-0.05, 0) is 97.7 Å². The van der Waals surface area contributed by atoms with Crippen LogP contribution in [0.5, 0.6) is 0 Å². The summed E-state index contributed by atoms with van der Waals surface area (Å²) in [5.74, 6) is 9.80. The zero-order valence-electron chi connectivity index (χ0n) is 19.8. The molecule has 2 saturated carbocycles. The number of halogens is 1. The first kappa shape index (κ1) is 23.1. The van der Waals surface area contributed by atoms with Crippen molar-refractivity contribution in [1.82, 2.24) is 0 Å². The summed E-state index contributed by atoms with van der Waals surface area (Å²) in [4.78, 5) is 0. The van der Waals surface area contributed by atoms with Crippen molar-refractivity contribution in [3.05, 3.63) is 71.0 Å². The van der Waals surface area contributed by atoms with Crippen LogP contribution in [0.1, 0.15) is 107 Å². The van der Waals surface area contributed by atoms with E-state index < -0.39 is 0 Å². The Bertz CT molecular complexity index is 883. The first-order chi connectivity index (χ1) is 15.7. The smallest absolute Gasteiger partial charge is 0.123 e. The maximum atomic E-state index is 13.0. The molecule has 0 N–H and O–H groups in total. The fourth-order valence-corrected chi connectivity index (χ4v) is 6.10. The highest BCUT2D eigenvalue weighted by Crippen LogP contribution is 2.48. The SMILES string of the molecule is CCCCCCCC1CC[C@@H]2C[C@H](c3ccc(C#Cc4ccc(F)cc4)cc3)CC[C@@H]2C1. The zero-order chi connectivity index (χ0) is 22.2. The van der Waals surface area contributed by atoms with Crippen LogP contribution in [0, 0.1) is 35.4 Å². The van der Waals surface area contributed by atoms with Crippen LogP contribution in [0.25, 0.3) is 0 Å². The number of fused-ring (bicyclic) bond motifs is 1. The van der Waals surface area contributed by atoms with E-state index in [1.807, 2.05) is 0 Å². The van der Waals surface area contributed by atoms with E-state index in [1.165, 1.54) is 94.7 Å². The van der Waals surface area contributed by atoms with Crippen molar-refractivity contribution in [2.24, 2.45) is 17.8 Å². The predicted molar refractivity (Wildman–Crippen MR) is 133 cm³/mol. The molecular weight excluding hydrogens is 391 g/mol. The Hall–Kier alpha value is -2.07. The van der Waals surface area contributed by atoms with Gasteiger partial charge in [0.15, 0.2) is 0 Å². The molecule has 1 heteroatoms. The van der Waals surface area contributed by atoms with Crippen molar-refractivity contribution >= 4 is 0 Å². The Labute approximate surface area is 195 Å². The second-order valence-electron chi connectivity index (χ2n) is 10.3. The minimum atomic E-state index is -0.217. The summed E-state index contributed by atoms with van der Waals surface area (Å²) in [6, 6.07) is 15.3. The molecule has 2 aliphatic rings. The lowest BCUT2D eigenvalue weighted by Crippen LogP contribution is -2.30. The van der Waals surface area contributed by atoms with Crippen LogP contribution in [0.4, 0.5) is 4.39 Å². The van der Waals surface area contributed by atoms with Gasteiger partial charge in [0.2, 0.25) is 0 Å². The van der Waals surface area contributed by atoms with Crippen molar-refractivity contribution in [2.45, 2.75) is 89.9 Å². The first-order valence-electron chi connectivity index (χ1n) is 13.1. The minimum Gasteiger partial charge on any atom is -0.207 e. The van der Waals surface area contributed by atoms with Gasteiger partial charge in [-0.15, -0.1) is 0 Å². The van der Waals surface area contributed by atoms with Gasteiger partial charge < -0.3 is 0 Å². The third-order valence-corrected chi connectivity index (χ3v) is 8.02. The van der Waals surface area contributed by atoms with Crippen molar-refractivity contribution in [2.75, 3.05) is 0 Å². The van der Waals surface area contributed by atoms with Crippen molar-refractivity contribution in [3.8, 4) is 11.8 Å². The van der Waals surface area contributed by atoms with Gasteiger partial charge in [0.1, 0.15) is 5.82 Å². The lowest BCUT2D eigenvalue weighted by molar-refractivity contribution is 0.113. The molecule has 170 valence electrons. The van der Waals surface area contributed by atoms with Crippen LogP contribution in [-0.2, 0) is 0 Å². The van der Waals surface area contributed by atoms with E-state index in [0.29, 0.717) is 0 Å². The van der Waals surface area contributed by atoms with Gasteiger partial charge >= 0.3 is 0 Å². The monoisotopic (exact) mass is 430 g/mol. The van der Waals surface area contributed by atoms with E-state index in [0.717, 1.165) is 34.8 Å². The molecule has 0 bridgehead atoms. The highest BCUT2D eigenvalue weighted by Gasteiger charge is 2.35. The van der Waals surface area contributed by atoms with E-state index in [-0.39, 0.29) is 5.82 Å². The number of benzene rings is 2. The number of hydrogen-bond acceptors (Lipinski definition) is 0. The normalized spacial score (nSPS) is 24.9. The fraction of sp³-hybridized carbons (Fsp3) is 0.548. The molecule has 0 nitrogen and oxygen atoms in total. The summed E-state index contributed by atoms with van der Waals surface area (Å²) in [6.07, 6.45) is 17.2. The molecule has 2 fully saturated rings. The Morgan fingerprint density at radius 3 is 2.06 bits per heavy atom. The van der Waals surface area contributed by atoms with Crippen molar-refractivity contribution < 1.29 is 4.39 Å². The fourth-order valence-electron chi connectivity index (χ4n) is 6.10. The molecule has 2 aromatic carbocycles. The standard InChI is InChI=1S/C31H39F/c1-2-3-4-5-6-7-26-12-17-30-23-29(19-18-28(30)22-26)27-15-10-24(11-16-27)8-9-25-13-20-31(32)21-14-25/h10-11,13-16,20-21,26,28-30H,2-7,12,17-19,22-23H2,1H3/t26?,28-,29-,30-/m1/s1. The molecule has 0 radical (unpaired) electrons. The molecule has 4 atom stereocenters. The minimum absolute atomic E-state index is 0.217. The lowest BCUT2D eigenvalue weighted by Gasteiger charge is -2.42. The maximum absolute atomic E-state index is 13.0. The Balaban J connectivity index is 1.26. The summed E-state index contributed by atoms with van der Waals surface area (Å²) in [5, 5.41) is 0. The highest BCUT2D eigenvalue weighted by molar-refractivity contribution is 5.43. The molecule has 1 unspecified atom stereocenters. The predicted octanol–water partition coefficient (Wildman–Crippen LogP) is 8.89. The Morgan fingerprint density at radius 2 is 1.34 bits per heavy atom. The molecule has 0 spiro atoms. The summed E-state index contributed by atoms with van der Waals surface area (Å²) < 4.78 is 13.0. The third kappa shape index (κ3) is 6.48. The van der Waals surface area contributed by atoms with Gasteiger partial charge in [-0.1, -0.05) is 75.8 Å². The maximum Gasteiger partial charge on any atom is 0.123 e. The zero-order valence-corrected chi connectivity index (χ0v) is 19.8. The van der Waals surface area contributed by atoms with Crippen molar-refractivity contribution in [3.63, 3.8) is 0 Å². The summed E-state index contributed by atoms with van der Waals surface area (Å²) in [7, 11) is 0. The highest BCUT2D eigenvalue weighted by atomic mass is 19.1. The summed E-state index contributed by atoms with van der Waals surface area (Å²) in [6.45, 7) is 2.30. The van der Waals surface area contributed by atoms with Crippen LogP contribution in [-0.4, -0.2) is 0 Å². The second kappa shape index (κ2) is 11.7. The molecule has 0 aromatic heterocycles. The first-order valence-corrected chi connectivity index (χ1v) is 13.1. The largest absolute Gasteiger partial charge is 0.207 e. The van der Waals surface area contributed by atoms with Crippen LogP contribution < -0.4 is 0 Å². The molecule has 0 heterocycles. The average molecular weight is 431 g/mol. The van der Waals surface area contributed by atoms with E-state index in [1.54, 1.807) is 12.1 Å². The average Bonchev–Trinajstić information content (AvgIpc) is 2.83. The number of rotatable bonds is 7. The number of hydrogen-bond donors (Lipinski definition) is 0. The lowest BCUT2D eigenvalue weighted by atomic mass is 9.63. The van der Waals surface area contributed by atoms with E-state index >= 15 is 0 Å². The molecule has 0 amide bonds. The molecule has 0 saturated heterocycles. The Morgan fingerprint density at radius 1 is 0.719 bits per heavy atom. The summed E-state index contributed by atoms with van der Waals surface area (Å²) >= 11 is 0. The molecule has 32 heavy (non-hydrogen) atoms. The third-order valence-electron chi connectivity index (χ3n) is 8.02. The van der Waals surface area contributed by atoms with Gasteiger partial charge in [-0.25, -0.2) is 4.39 Å². The molecule has 2 aromatic rings. The summed E-state index contributed by atoms with van der Waals surface area (Å²) in [5.41, 5.74) is 3.38. The molecular formula is C31H39F. The van der Waals surface area contributed by atoms with Gasteiger partial charge in [-0.3, -0.25) is 0 Å². The molecule has 0 aliphatic heterocycles. The van der Waals surface area contributed by atoms with E-state index in [2.05, 4.69) is 43.0 Å². The van der Waals surface area contributed by atoms with Crippen LogP contribution in [0.2, 0.25) is 0 Å². The molecule has 4 rings (SSSR count). The van der Waals surface area contributed by atoms with Crippen LogP contribution in [0.3, 0.4) is 0 Å². The second-order valence-corrected chi connectivity index (χ2v) is 10.3.